The van der Waals surface area contributed by atoms with E-state index in [0.717, 1.165) is 69.0 Å². The van der Waals surface area contributed by atoms with Crippen molar-refractivity contribution in [1.82, 2.24) is 15.6 Å². The van der Waals surface area contributed by atoms with Crippen molar-refractivity contribution < 1.29 is 9.13 Å². The van der Waals surface area contributed by atoms with Gasteiger partial charge in [-0.1, -0.05) is 30.3 Å². The van der Waals surface area contributed by atoms with Crippen molar-refractivity contribution in [2.75, 3.05) is 32.8 Å². The van der Waals surface area contributed by atoms with Gasteiger partial charge in [0, 0.05) is 48.8 Å². The molecule has 0 unspecified atom stereocenters. The lowest BCUT2D eigenvalue weighted by Gasteiger charge is -2.36. The highest BCUT2D eigenvalue weighted by atomic mass is 19.1. The van der Waals surface area contributed by atoms with Gasteiger partial charge in [-0.3, -0.25) is 4.99 Å². The van der Waals surface area contributed by atoms with Crippen LogP contribution in [0.5, 0.6) is 0 Å². The summed E-state index contributed by atoms with van der Waals surface area (Å²) in [5.41, 5.74) is 3.36. The molecule has 1 saturated heterocycles. The Morgan fingerprint density at radius 2 is 1.94 bits per heavy atom. The van der Waals surface area contributed by atoms with E-state index in [1.807, 2.05) is 12.3 Å². The molecule has 31 heavy (non-hydrogen) atoms. The van der Waals surface area contributed by atoms with Crippen molar-refractivity contribution in [3.05, 3.63) is 71.7 Å². The molecule has 1 aliphatic heterocycles. The summed E-state index contributed by atoms with van der Waals surface area (Å²) < 4.78 is 19.1. The molecule has 1 fully saturated rings. The van der Waals surface area contributed by atoms with Gasteiger partial charge >= 0.3 is 0 Å². The first-order chi connectivity index (χ1) is 15.2. The van der Waals surface area contributed by atoms with E-state index in [1.54, 1.807) is 0 Å². The van der Waals surface area contributed by atoms with Gasteiger partial charge in [-0.15, -0.1) is 0 Å². The number of hydrogen-bond donors (Lipinski definition) is 3. The minimum atomic E-state index is -0.221. The van der Waals surface area contributed by atoms with Crippen LogP contribution in [0.4, 0.5) is 4.39 Å². The third-order valence-electron chi connectivity index (χ3n) is 6.14. The summed E-state index contributed by atoms with van der Waals surface area (Å²) >= 11 is 0. The third-order valence-corrected chi connectivity index (χ3v) is 6.14. The number of benzene rings is 2. The minimum absolute atomic E-state index is 0.0166. The van der Waals surface area contributed by atoms with Crippen LogP contribution in [0.1, 0.15) is 30.9 Å². The summed E-state index contributed by atoms with van der Waals surface area (Å²) in [6, 6.07) is 15.6. The molecule has 5 nitrogen and oxygen atoms in total. The SMILES string of the molecule is CCNC(=NCC1(c2ccccc2)CCOCC1)NCCc1c[nH]c2cc(F)ccc12. The zero-order valence-corrected chi connectivity index (χ0v) is 18.1. The van der Waals surface area contributed by atoms with Crippen LogP contribution < -0.4 is 10.6 Å². The molecule has 4 rings (SSSR count). The molecule has 6 heteroatoms. The Kier molecular flexibility index (Phi) is 6.87. The van der Waals surface area contributed by atoms with E-state index < -0.39 is 0 Å². The monoisotopic (exact) mass is 422 g/mol. The van der Waals surface area contributed by atoms with Gasteiger partial charge in [0.05, 0.1) is 6.54 Å². The third kappa shape index (κ3) is 5.07. The summed E-state index contributed by atoms with van der Waals surface area (Å²) in [4.78, 5) is 8.12. The van der Waals surface area contributed by atoms with Crippen molar-refractivity contribution in [3.8, 4) is 0 Å². The Balaban J connectivity index is 1.43. The normalized spacial score (nSPS) is 16.4. The second-order valence-corrected chi connectivity index (χ2v) is 8.13. The molecule has 0 atom stereocenters. The van der Waals surface area contributed by atoms with Crippen LogP contribution in [-0.2, 0) is 16.6 Å². The van der Waals surface area contributed by atoms with Gasteiger partial charge in [0.25, 0.3) is 0 Å². The molecule has 0 radical (unpaired) electrons. The van der Waals surface area contributed by atoms with Gasteiger partial charge in [0.1, 0.15) is 5.82 Å². The first-order valence-corrected chi connectivity index (χ1v) is 11.1. The molecular weight excluding hydrogens is 391 g/mol. The van der Waals surface area contributed by atoms with Crippen LogP contribution in [0.2, 0.25) is 0 Å². The average molecular weight is 423 g/mol. The van der Waals surface area contributed by atoms with Crippen molar-refractivity contribution in [1.29, 1.82) is 0 Å². The highest BCUT2D eigenvalue weighted by Crippen LogP contribution is 2.35. The van der Waals surface area contributed by atoms with Crippen LogP contribution in [-0.4, -0.2) is 43.8 Å². The van der Waals surface area contributed by atoms with E-state index in [0.29, 0.717) is 0 Å². The van der Waals surface area contributed by atoms with Crippen molar-refractivity contribution >= 4 is 16.9 Å². The van der Waals surface area contributed by atoms with Crippen LogP contribution >= 0.6 is 0 Å². The van der Waals surface area contributed by atoms with E-state index >= 15 is 0 Å². The molecule has 0 bridgehead atoms. The number of nitrogens with one attached hydrogen (secondary N) is 3. The van der Waals surface area contributed by atoms with Crippen molar-refractivity contribution in [3.63, 3.8) is 0 Å². The second kappa shape index (κ2) is 9.96. The number of aromatic nitrogens is 1. The molecule has 2 aromatic carbocycles. The molecular formula is C25H31FN4O. The van der Waals surface area contributed by atoms with E-state index in [9.17, 15) is 4.39 Å². The lowest BCUT2D eigenvalue weighted by Crippen LogP contribution is -2.41. The number of H-pyrrole nitrogens is 1. The second-order valence-electron chi connectivity index (χ2n) is 8.13. The number of hydrogen-bond acceptors (Lipinski definition) is 2. The molecule has 164 valence electrons. The number of rotatable bonds is 7. The highest BCUT2D eigenvalue weighted by molar-refractivity contribution is 5.83. The van der Waals surface area contributed by atoms with Crippen LogP contribution in [0.25, 0.3) is 10.9 Å². The van der Waals surface area contributed by atoms with Crippen LogP contribution in [0.3, 0.4) is 0 Å². The van der Waals surface area contributed by atoms with Gasteiger partial charge in [0.15, 0.2) is 5.96 Å². The predicted octanol–water partition coefficient (Wildman–Crippen LogP) is 4.15. The number of halogens is 1. The first kappa shape index (κ1) is 21.4. The predicted molar refractivity (Wildman–Crippen MR) is 124 cm³/mol. The Morgan fingerprint density at radius 1 is 1.13 bits per heavy atom. The maximum absolute atomic E-state index is 13.4. The standard InChI is InChI=1S/C25H31FN4O/c1-2-27-24(28-13-10-19-17-29-23-16-21(26)8-9-22(19)23)30-18-25(11-14-31-15-12-25)20-6-4-3-5-7-20/h3-9,16-17,29H,2,10-15,18H2,1H3,(H2,27,28,30). The van der Waals surface area contributed by atoms with E-state index in [1.165, 1.54) is 23.3 Å². The Hall–Kier alpha value is -2.86. The Labute approximate surface area is 183 Å². The number of aliphatic imine (C=N–C) groups is 1. The Morgan fingerprint density at radius 3 is 2.71 bits per heavy atom. The molecule has 0 aliphatic carbocycles. The van der Waals surface area contributed by atoms with Crippen LogP contribution in [0.15, 0.2) is 59.7 Å². The number of aromatic amines is 1. The van der Waals surface area contributed by atoms with Crippen LogP contribution in [0, 0.1) is 5.82 Å². The average Bonchev–Trinajstić information content (AvgIpc) is 3.20. The minimum Gasteiger partial charge on any atom is -0.381 e. The first-order valence-electron chi connectivity index (χ1n) is 11.1. The molecule has 0 amide bonds. The van der Waals surface area contributed by atoms with Gasteiger partial charge in [-0.05, 0) is 55.5 Å². The molecule has 1 aromatic heterocycles. The van der Waals surface area contributed by atoms with E-state index in [4.69, 9.17) is 9.73 Å². The maximum Gasteiger partial charge on any atom is 0.191 e. The molecule has 1 aliphatic rings. The quantitative estimate of drug-likeness (QED) is 0.396. The summed E-state index contributed by atoms with van der Waals surface area (Å²) in [7, 11) is 0. The molecule has 0 saturated carbocycles. The molecule has 3 aromatic rings. The zero-order valence-electron chi connectivity index (χ0n) is 18.1. The largest absolute Gasteiger partial charge is 0.381 e. The van der Waals surface area contributed by atoms with E-state index in [-0.39, 0.29) is 11.2 Å². The molecule has 2 heterocycles. The van der Waals surface area contributed by atoms with Gasteiger partial charge in [-0.25, -0.2) is 4.39 Å². The summed E-state index contributed by atoms with van der Waals surface area (Å²) in [5, 5.41) is 7.89. The van der Waals surface area contributed by atoms with Gasteiger partial charge in [-0.2, -0.15) is 0 Å². The van der Waals surface area contributed by atoms with E-state index in [2.05, 4.69) is 52.9 Å². The highest BCUT2D eigenvalue weighted by Gasteiger charge is 2.34. The lowest BCUT2D eigenvalue weighted by atomic mass is 9.74. The van der Waals surface area contributed by atoms with Crippen molar-refractivity contribution in [2.24, 2.45) is 4.99 Å². The number of ether oxygens (including phenoxy) is 1. The smallest absolute Gasteiger partial charge is 0.191 e. The number of nitrogens with zero attached hydrogens (tertiary/aromatic N) is 1. The fourth-order valence-electron chi connectivity index (χ4n) is 4.34. The Bertz CT molecular complexity index is 1010. The maximum atomic E-state index is 13.4. The number of guanidine groups is 1. The molecule has 0 spiro atoms. The fourth-order valence-corrected chi connectivity index (χ4v) is 4.34. The number of fused-ring (bicyclic) bond motifs is 1. The zero-order chi connectivity index (χ0) is 21.5. The summed E-state index contributed by atoms with van der Waals surface area (Å²) in [6.45, 7) is 5.90. The van der Waals surface area contributed by atoms with Gasteiger partial charge < -0.3 is 20.4 Å². The fraction of sp³-hybridized carbons (Fsp3) is 0.400. The van der Waals surface area contributed by atoms with Gasteiger partial charge in [0.2, 0.25) is 0 Å². The van der Waals surface area contributed by atoms with Crippen molar-refractivity contribution in [2.45, 2.75) is 31.6 Å². The lowest BCUT2D eigenvalue weighted by molar-refractivity contribution is 0.0531. The topological polar surface area (TPSA) is 61.4 Å². The summed E-state index contributed by atoms with van der Waals surface area (Å²) in [5.74, 6) is 0.608. The molecule has 3 N–H and O–H groups in total. The summed E-state index contributed by atoms with van der Waals surface area (Å²) in [6.07, 6.45) is 4.74.